The van der Waals surface area contributed by atoms with Gasteiger partial charge in [0.2, 0.25) is 11.8 Å². The van der Waals surface area contributed by atoms with Gasteiger partial charge in [-0.2, -0.15) is 0 Å². The van der Waals surface area contributed by atoms with Crippen LogP contribution in [-0.4, -0.2) is 36.3 Å². The molecule has 0 radical (unpaired) electrons. The second kappa shape index (κ2) is 12.7. The number of hydrogen-bond donors (Lipinski definition) is 2. The van der Waals surface area contributed by atoms with E-state index in [9.17, 15) is 14.4 Å². The quantitative estimate of drug-likeness (QED) is 0.297. The minimum atomic E-state index is -0.946. The van der Waals surface area contributed by atoms with E-state index in [1.165, 1.54) is 22.5 Å². The van der Waals surface area contributed by atoms with E-state index in [-0.39, 0.29) is 31.4 Å². The third-order valence-corrected chi connectivity index (χ3v) is 6.82. The summed E-state index contributed by atoms with van der Waals surface area (Å²) in [7, 11) is 1.58. The Balaban J connectivity index is 1.63. The zero-order valence-corrected chi connectivity index (χ0v) is 22.0. The van der Waals surface area contributed by atoms with Crippen LogP contribution in [-0.2, 0) is 22.7 Å². The van der Waals surface area contributed by atoms with Gasteiger partial charge in [0, 0.05) is 6.54 Å². The zero-order chi connectivity index (χ0) is 26.9. The summed E-state index contributed by atoms with van der Waals surface area (Å²) in [5, 5.41) is 7.38. The van der Waals surface area contributed by atoms with Crippen LogP contribution in [0.4, 0.5) is 0 Å². The Morgan fingerprint density at radius 1 is 0.974 bits per heavy atom. The average molecular weight is 532 g/mol. The molecule has 4 rings (SSSR count). The van der Waals surface area contributed by atoms with E-state index >= 15 is 0 Å². The van der Waals surface area contributed by atoms with Gasteiger partial charge in [0.05, 0.1) is 31.3 Å². The van der Waals surface area contributed by atoms with Crippen molar-refractivity contribution in [1.82, 2.24) is 15.5 Å². The number of carbonyl (C=O) groups excluding carboxylic acids is 3. The van der Waals surface area contributed by atoms with Crippen LogP contribution in [0, 0.1) is 6.92 Å². The minimum Gasteiger partial charge on any atom is -0.497 e. The van der Waals surface area contributed by atoms with Gasteiger partial charge in [-0.05, 0) is 53.8 Å². The van der Waals surface area contributed by atoms with E-state index in [1.54, 1.807) is 48.9 Å². The van der Waals surface area contributed by atoms with Gasteiger partial charge in [-0.15, -0.1) is 11.3 Å². The number of methoxy groups -OCH3 is 1. The van der Waals surface area contributed by atoms with Crippen LogP contribution in [0.1, 0.15) is 38.2 Å². The van der Waals surface area contributed by atoms with E-state index in [1.807, 2.05) is 43.3 Å². The Bertz CT molecular complexity index is 1330. The summed E-state index contributed by atoms with van der Waals surface area (Å²) in [5.41, 5.74) is 2.48. The molecule has 9 heteroatoms. The molecule has 38 heavy (non-hydrogen) atoms. The minimum absolute atomic E-state index is 0.143. The molecule has 0 bridgehead atoms. The lowest BCUT2D eigenvalue weighted by atomic mass is 10.0. The molecule has 0 aliphatic rings. The fraction of sp³-hybridized carbons (Fsp3) is 0.207. The van der Waals surface area contributed by atoms with Crippen molar-refractivity contribution in [2.45, 2.75) is 26.1 Å². The number of furan rings is 1. The van der Waals surface area contributed by atoms with Crippen LogP contribution in [0.15, 0.2) is 88.9 Å². The molecule has 2 aromatic heterocycles. The normalized spacial score (nSPS) is 11.4. The molecule has 196 valence electrons. The molecule has 1 atom stereocenters. The van der Waals surface area contributed by atoms with Gasteiger partial charge >= 0.3 is 0 Å². The van der Waals surface area contributed by atoms with Gasteiger partial charge < -0.3 is 24.7 Å². The van der Waals surface area contributed by atoms with E-state index in [4.69, 9.17) is 9.15 Å². The number of ether oxygens (including phenoxy) is 1. The first-order chi connectivity index (χ1) is 18.4. The van der Waals surface area contributed by atoms with E-state index in [2.05, 4.69) is 10.6 Å². The Labute approximate surface area is 225 Å². The van der Waals surface area contributed by atoms with Gasteiger partial charge in [-0.1, -0.05) is 48.0 Å². The van der Waals surface area contributed by atoms with Crippen LogP contribution >= 0.6 is 11.3 Å². The molecule has 0 saturated heterocycles. The summed E-state index contributed by atoms with van der Waals surface area (Å²) in [6, 6.07) is 20.8. The van der Waals surface area contributed by atoms with Gasteiger partial charge in [0.25, 0.3) is 5.91 Å². The Hall–Kier alpha value is -4.37. The van der Waals surface area contributed by atoms with Crippen LogP contribution in [0.5, 0.6) is 5.75 Å². The maximum atomic E-state index is 13.7. The van der Waals surface area contributed by atoms with Crippen molar-refractivity contribution in [1.29, 1.82) is 0 Å². The lowest BCUT2D eigenvalue weighted by Gasteiger charge is -2.32. The molecule has 4 aromatic rings. The maximum Gasteiger partial charge on any atom is 0.261 e. The molecule has 0 fully saturated rings. The summed E-state index contributed by atoms with van der Waals surface area (Å²) in [6.45, 7) is 2.01. The highest BCUT2D eigenvalue weighted by Crippen LogP contribution is 2.25. The molecular weight excluding hydrogens is 502 g/mol. The summed E-state index contributed by atoms with van der Waals surface area (Å²) < 4.78 is 10.6. The lowest BCUT2D eigenvalue weighted by molar-refractivity contribution is -0.141. The molecule has 8 nitrogen and oxygen atoms in total. The number of nitrogens with zero attached hydrogens (tertiary/aromatic N) is 1. The van der Waals surface area contributed by atoms with E-state index < -0.39 is 11.9 Å². The second-order valence-corrected chi connectivity index (χ2v) is 9.59. The molecule has 2 heterocycles. The summed E-state index contributed by atoms with van der Waals surface area (Å²) >= 11 is 1.29. The van der Waals surface area contributed by atoms with Crippen LogP contribution in [0.2, 0.25) is 0 Å². The Kier molecular flexibility index (Phi) is 8.94. The highest BCUT2D eigenvalue weighted by Gasteiger charge is 2.32. The first-order valence-electron chi connectivity index (χ1n) is 12.1. The molecule has 0 aliphatic heterocycles. The molecule has 0 saturated carbocycles. The van der Waals surface area contributed by atoms with Crippen molar-refractivity contribution in [2.75, 3.05) is 13.7 Å². The number of thiophene rings is 1. The first-order valence-corrected chi connectivity index (χ1v) is 12.9. The number of amides is 3. The van der Waals surface area contributed by atoms with Gasteiger partial charge in [-0.25, -0.2) is 0 Å². The lowest BCUT2D eigenvalue weighted by Crippen LogP contribution is -2.46. The van der Waals surface area contributed by atoms with E-state index in [0.717, 1.165) is 11.1 Å². The van der Waals surface area contributed by atoms with Gasteiger partial charge in [-0.3, -0.25) is 14.4 Å². The van der Waals surface area contributed by atoms with Gasteiger partial charge in [0.1, 0.15) is 17.6 Å². The van der Waals surface area contributed by atoms with Crippen molar-refractivity contribution in [3.8, 4) is 5.75 Å². The summed E-state index contributed by atoms with van der Waals surface area (Å²) in [6.07, 6.45) is 1.54. The topological polar surface area (TPSA) is 101 Å². The van der Waals surface area contributed by atoms with Crippen molar-refractivity contribution in [2.24, 2.45) is 0 Å². The van der Waals surface area contributed by atoms with Crippen LogP contribution in [0.3, 0.4) is 0 Å². The first kappa shape index (κ1) is 26.7. The molecule has 2 aromatic carbocycles. The predicted octanol–water partition coefficient (Wildman–Crippen LogP) is 4.47. The second-order valence-electron chi connectivity index (χ2n) is 8.64. The maximum absolute atomic E-state index is 13.7. The summed E-state index contributed by atoms with van der Waals surface area (Å²) in [4.78, 5) is 41.8. The summed E-state index contributed by atoms with van der Waals surface area (Å²) in [5.74, 6) is 0.173. The molecule has 0 aliphatic carbocycles. The highest BCUT2D eigenvalue weighted by atomic mass is 32.1. The van der Waals surface area contributed by atoms with Crippen LogP contribution < -0.4 is 15.4 Å². The molecule has 0 unspecified atom stereocenters. The van der Waals surface area contributed by atoms with Crippen molar-refractivity contribution < 1.29 is 23.5 Å². The standard InChI is InChI=1S/C29H29N3O5S/c1-20-7-11-22(12-8-20)27(29(35)30-17-24-5-3-15-37-24)32(19-21-9-13-23(36-2)14-10-21)26(33)18-31-28(34)25-6-4-16-38-25/h3-16,27H,17-19H2,1-2H3,(H,30,35)(H,31,34)/t27-/m1/s1. The molecule has 3 amide bonds. The highest BCUT2D eigenvalue weighted by molar-refractivity contribution is 7.12. The predicted molar refractivity (Wildman–Crippen MR) is 145 cm³/mol. The molecule has 0 spiro atoms. The Morgan fingerprint density at radius 2 is 1.74 bits per heavy atom. The van der Waals surface area contributed by atoms with E-state index in [0.29, 0.717) is 22.0 Å². The average Bonchev–Trinajstić information content (AvgIpc) is 3.66. The van der Waals surface area contributed by atoms with Crippen molar-refractivity contribution >= 4 is 29.1 Å². The molecular formula is C29H29N3O5S. The Morgan fingerprint density at radius 3 is 2.37 bits per heavy atom. The van der Waals surface area contributed by atoms with Crippen molar-refractivity contribution in [3.63, 3.8) is 0 Å². The molecule has 2 N–H and O–H groups in total. The fourth-order valence-electron chi connectivity index (χ4n) is 3.91. The number of carbonyl (C=O) groups is 3. The number of benzene rings is 2. The number of nitrogens with one attached hydrogen (secondary N) is 2. The number of hydrogen-bond acceptors (Lipinski definition) is 6. The third-order valence-electron chi connectivity index (χ3n) is 5.95. The fourth-order valence-corrected chi connectivity index (χ4v) is 4.55. The number of rotatable bonds is 11. The van der Waals surface area contributed by atoms with Crippen molar-refractivity contribution in [3.05, 3.63) is 112 Å². The largest absolute Gasteiger partial charge is 0.497 e. The SMILES string of the molecule is COc1ccc(CN(C(=O)CNC(=O)c2cccs2)[C@@H](C(=O)NCc2ccco2)c2ccc(C)cc2)cc1. The van der Waals surface area contributed by atoms with Gasteiger partial charge in [0.15, 0.2) is 0 Å². The number of aryl methyl sites for hydroxylation is 1. The monoisotopic (exact) mass is 531 g/mol. The van der Waals surface area contributed by atoms with Crippen LogP contribution in [0.25, 0.3) is 0 Å². The zero-order valence-electron chi connectivity index (χ0n) is 21.2. The third kappa shape index (κ3) is 6.89. The smallest absolute Gasteiger partial charge is 0.261 e.